The second-order valence-electron chi connectivity index (χ2n) is 4.57. The largest absolute Gasteiger partial charge is 0.501 e. The molecule has 3 heteroatoms. The summed E-state index contributed by atoms with van der Waals surface area (Å²) in [5.74, 6) is 0.891. The highest BCUT2D eigenvalue weighted by atomic mass is 16.5. The Morgan fingerprint density at radius 3 is 3.06 bits per heavy atom. The third kappa shape index (κ3) is 3.26. The van der Waals surface area contributed by atoms with E-state index in [4.69, 9.17) is 15.2 Å². The summed E-state index contributed by atoms with van der Waals surface area (Å²) < 4.78 is 11.0. The minimum absolute atomic E-state index is 0.0875. The molecule has 0 radical (unpaired) electrons. The van der Waals surface area contributed by atoms with Gasteiger partial charge in [0.2, 0.25) is 0 Å². The van der Waals surface area contributed by atoms with Crippen LogP contribution in [0.5, 0.6) is 5.75 Å². The molecule has 0 spiro atoms. The maximum atomic E-state index is 6.26. The van der Waals surface area contributed by atoms with Crippen LogP contribution in [0.25, 0.3) is 0 Å². The molecule has 0 fully saturated rings. The summed E-state index contributed by atoms with van der Waals surface area (Å²) >= 11 is 0. The predicted octanol–water partition coefficient (Wildman–Crippen LogP) is 3.17. The molecular formula is C15H21NO2. The molecule has 18 heavy (non-hydrogen) atoms. The van der Waals surface area contributed by atoms with Gasteiger partial charge in [-0.2, -0.15) is 0 Å². The molecule has 1 atom stereocenters. The fourth-order valence-electron chi connectivity index (χ4n) is 2.05. The maximum absolute atomic E-state index is 6.26. The first kappa shape index (κ1) is 13.0. The number of ether oxygens (including phenoxy) is 2. The summed E-state index contributed by atoms with van der Waals surface area (Å²) in [7, 11) is 0. The van der Waals surface area contributed by atoms with Crippen molar-refractivity contribution in [2.45, 2.75) is 32.2 Å². The molecule has 1 heterocycles. The van der Waals surface area contributed by atoms with Gasteiger partial charge in [0.25, 0.3) is 0 Å². The molecule has 1 aromatic carbocycles. The number of nitrogens with two attached hydrogens (primary N) is 1. The minimum atomic E-state index is -0.0875. The second-order valence-corrected chi connectivity index (χ2v) is 4.57. The zero-order chi connectivity index (χ0) is 12.8. The minimum Gasteiger partial charge on any atom is -0.501 e. The Morgan fingerprint density at radius 2 is 2.33 bits per heavy atom. The lowest BCUT2D eigenvalue weighted by Crippen LogP contribution is -2.16. The third-order valence-electron chi connectivity index (χ3n) is 3.05. The Balaban J connectivity index is 2.09. The van der Waals surface area contributed by atoms with Gasteiger partial charge in [0, 0.05) is 0 Å². The van der Waals surface area contributed by atoms with Gasteiger partial charge in [-0.3, -0.25) is 0 Å². The van der Waals surface area contributed by atoms with E-state index in [0.29, 0.717) is 0 Å². The fourth-order valence-corrected chi connectivity index (χ4v) is 2.05. The monoisotopic (exact) mass is 247 g/mol. The molecule has 1 aromatic rings. The summed E-state index contributed by atoms with van der Waals surface area (Å²) in [5.41, 5.74) is 8.51. The first-order chi connectivity index (χ1) is 8.81. The van der Waals surface area contributed by atoms with E-state index in [1.807, 2.05) is 30.5 Å². The average molecular weight is 247 g/mol. The van der Waals surface area contributed by atoms with Gasteiger partial charge in [-0.15, -0.1) is 0 Å². The molecule has 0 amide bonds. The van der Waals surface area contributed by atoms with Crippen LogP contribution in [0.1, 0.15) is 37.8 Å². The van der Waals surface area contributed by atoms with Gasteiger partial charge in [-0.1, -0.05) is 19.1 Å². The molecule has 2 rings (SSSR count). The standard InChI is InChI=1S/C15H21NO2/c1-2-8-18-14-7-3-5-12(10-14)15(16)13-6-4-9-17-11-13/h3,5,7,10-11,15H,2,4,6,8-9,16H2,1H3. The van der Waals surface area contributed by atoms with Crippen LogP contribution in [0.3, 0.4) is 0 Å². The summed E-state index contributed by atoms with van der Waals surface area (Å²) in [4.78, 5) is 0. The van der Waals surface area contributed by atoms with Crippen molar-refractivity contribution in [2.24, 2.45) is 5.73 Å². The number of hydrogen-bond acceptors (Lipinski definition) is 3. The average Bonchev–Trinajstić information content (AvgIpc) is 2.45. The molecular weight excluding hydrogens is 226 g/mol. The van der Waals surface area contributed by atoms with Crippen molar-refractivity contribution in [3.05, 3.63) is 41.7 Å². The summed E-state index contributed by atoms with van der Waals surface area (Å²) in [6, 6.07) is 7.94. The Labute approximate surface area is 109 Å². The van der Waals surface area contributed by atoms with E-state index >= 15 is 0 Å². The number of hydrogen-bond donors (Lipinski definition) is 1. The maximum Gasteiger partial charge on any atom is 0.119 e. The van der Waals surface area contributed by atoms with Gasteiger partial charge in [-0.05, 0) is 42.5 Å². The van der Waals surface area contributed by atoms with Crippen molar-refractivity contribution in [1.29, 1.82) is 0 Å². The molecule has 1 aliphatic rings. The molecule has 0 bridgehead atoms. The smallest absolute Gasteiger partial charge is 0.119 e. The van der Waals surface area contributed by atoms with Gasteiger partial charge in [0.05, 0.1) is 25.5 Å². The van der Waals surface area contributed by atoms with Gasteiger partial charge >= 0.3 is 0 Å². The van der Waals surface area contributed by atoms with Gasteiger partial charge in [-0.25, -0.2) is 0 Å². The van der Waals surface area contributed by atoms with Crippen LogP contribution in [-0.4, -0.2) is 13.2 Å². The zero-order valence-corrected chi connectivity index (χ0v) is 10.9. The highest BCUT2D eigenvalue weighted by Crippen LogP contribution is 2.27. The van der Waals surface area contributed by atoms with Crippen LogP contribution >= 0.6 is 0 Å². The quantitative estimate of drug-likeness (QED) is 0.869. The normalized spacial score (nSPS) is 16.7. The zero-order valence-electron chi connectivity index (χ0n) is 10.9. The summed E-state index contributed by atoms with van der Waals surface area (Å²) in [6.45, 7) is 3.64. The highest BCUT2D eigenvalue weighted by Gasteiger charge is 2.15. The lowest BCUT2D eigenvalue weighted by atomic mass is 9.96. The van der Waals surface area contributed by atoms with Crippen molar-refractivity contribution in [1.82, 2.24) is 0 Å². The van der Waals surface area contributed by atoms with E-state index in [-0.39, 0.29) is 6.04 Å². The molecule has 1 unspecified atom stereocenters. The molecule has 0 aliphatic carbocycles. The first-order valence-corrected chi connectivity index (χ1v) is 6.60. The van der Waals surface area contributed by atoms with Gasteiger partial charge in [0.15, 0.2) is 0 Å². The third-order valence-corrected chi connectivity index (χ3v) is 3.05. The van der Waals surface area contributed by atoms with Crippen molar-refractivity contribution >= 4 is 0 Å². The van der Waals surface area contributed by atoms with Crippen molar-refractivity contribution < 1.29 is 9.47 Å². The van der Waals surface area contributed by atoms with E-state index in [1.165, 1.54) is 0 Å². The Hall–Kier alpha value is -1.48. The van der Waals surface area contributed by atoms with E-state index in [2.05, 4.69) is 6.92 Å². The highest BCUT2D eigenvalue weighted by molar-refractivity contribution is 5.34. The van der Waals surface area contributed by atoms with E-state index < -0.39 is 0 Å². The molecule has 0 saturated carbocycles. The number of rotatable bonds is 5. The molecule has 0 aromatic heterocycles. The fraction of sp³-hybridized carbons (Fsp3) is 0.467. The van der Waals surface area contributed by atoms with Crippen LogP contribution in [0, 0.1) is 0 Å². The molecule has 1 aliphatic heterocycles. The van der Waals surface area contributed by atoms with Crippen molar-refractivity contribution in [2.75, 3.05) is 13.2 Å². The van der Waals surface area contributed by atoms with Crippen LogP contribution in [0.2, 0.25) is 0 Å². The molecule has 2 N–H and O–H groups in total. The molecule has 0 saturated heterocycles. The summed E-state index contributed by atoms with van der Waals surface area (Å²) in [6.07, 6.45) is 4.88. The van der Waals surface area contributed by atoms with Gasteiger partial charge < -0.3 is 15.2 Å². The van der Waals surface area contributed by atoms with E-state index in [0.717, 1.165) is 49.4 Å². The lowest BCUT2D eigenvalue weighted by molar-refractivity contribution is 0.221. The van der Waals surface area contributed by atoms with Crippen LogP contribution in [-0.2, 0) is 4.74 Å². The Morgan fingerprint density at radius 1 is 1.44 bits per heavy atom. The van der Waals surface area contributed by atoms with Crippen LogP contribution in [0.15, 0.2) is 36.1 Å². The van der Waals surface area contributed by atoms with Crippen LogP contribution in [0.4, 0.5) is 0 Å². The topological polar surface area (TPSA) is 44.5 Å². The second kappa shape index (κ2) is 6.45. The summed E-state index contributed by atoms with van der Waals surface area (Å²) in [5, 5.41) is 0. The predicted molar refractivity (Wildman–Crippen MR) is 72.4 cm³/mol. The first-order valence-electron chi connectivity index (χ1n) is 6.60. The molecule has 98 valence electrons. The SMILES string of the molecule is CCCOc1cccc(C(N)C2=COCCC2)c1. The lowest BCUT2D eigenvalue weighted by Gasteiger charge is -2.20. The Bertz CT molecular complexity index is 415. The molecule has 3 nitrogen and oxygen atoms in total. The van der Waals surface area contributed by atoms with Gasteiger partial charge in [0.1, 0.15) is 5.75 Å². The number of benzene rings is 1. The van der Waals surface area contributed by atoms with E-state index in [9.17, 15) is 0 Å². The van der Waals surface area contributed by atoms with Crippen LogP contribution < -0.4 is 10.5 Å². The van der Waals surface area contributed by atoms with Crippen molar-refractivity contribution in [3.8, 4) is 5.75 Å². The van der Waals surface area contributed by atoms with Crippen molar-refractivity contribution in [3.63, 3.8) is 0 Å². The van der Waals surface area contributed by atoms with E-state index in [1.54, 1.807) is 0 Å². The Kier molecular flexibility index (Phi) is 4.65.